The molecule has 0 unspecified atom stereocenters. The van der Waals surface area contributed by atoms with E-state index in [4.69, 9.17) is 0 Å². The molecule has 1 N–H and O–H groups in total. The van der Waals surface area contributed by atoms with Crippen molar-refractivity contribution in [3.63, 3.8) is 0 Å². The Labute approximate surface area is 165 Å². The normalized spacial score (nSPS) is 17.3. The summed E-state index contributed by atoms with van der Waals surface area (Å²) in [5, 5.41) is 10.1. The van der Waals surface area contributed by atoms with Crippen molar-refractivity contribution in [1.29, 1.82) is 0 Å². The van der Waals surface area contributed by atoms with Crippen LogP contribution in [-0.2, 0) is 6.18 Å². The van der Waals surface area contributed by atoms with E-state index in [9.17, 15) is 23.1 Å². The molecule has 8 heteroatoms. The molecule has 2 heterocycles. The number of aromatic nitrogens is 2. The lowest BCUT2D eigenvalue weighted by Gasteiger charge is -2.26. The summed E-state index contributed by atoms with van der Waals surface area (Å²) < 4.78 is 41.4. The van der Waals surface area contributed by atoms with Crippen LogP contribution in [0, 0.1) is 6.92 Å². The fourth-order valence-corrected chi connectivity index (χ4v) is 3.96. The Balaban J connectivity index is 2.06. The first-order valence-corrected chi connectivity index (χ1v) is 9.39. The minimum atomic E-state index is -4.54. The van der Waals surface area contributed by atoms with Crippen LogP contribution in [0.1, 0.15) is 24.0 Å². The van der Waals surface area contributed by atoms with Crippen LogP contribution in [0.25, 0.3) is 16.6 Å². The van der Waals surface area contributed by atoms with Crippen molar-refractivity contribution in [2.45, 2.75) is 32.0 Å². The van der Waals surface area contributed by atoms with Crippen molar-refractivity contribution >= 4 is 16.7 Å². The lowest BCUT2D eigenvalue weighted by atomic mass is 10.1. The summed E-state index contributed by atoms with van der Waals surface area (Å²) in [4.78, 5) is 19.1. The first-order valence-electron chi connectivity index (χ1n) is 9.39. The Morgan fingerprint density at radius 3 is 2.66 bits per heavy atom. The van der Waals surface area contributed by atoms with Gasteiger partial charge >= 0.3 is 11.9 Å². The summed E-state index contributed by atoms with van der Waals surface area (Å²) in [5.74, 6) is 0.320. The third kappa shape index (κ3) is 3.37. The van der Waals surface area contributed by atoms with Gasteiger partial charge in [0.2, 0.25) is 0 Å². The highest BCUT2D eigenvalue weighted by atomic mass is 19.4. The molecule has 3 aromatic rings. The summed E-state index contributed by atoms with van der Waals surface area (Å²) in [5.41, 5.74) is -0.0975. The second-order valence-corrected chi connectivity index (χ2v) is 7.24. The van der Waals surface area contributed by atoms with E-state index < -0.39 is 17.4 Å². The van der Waals surface area contributed by atoms with Gasteiger partial charge in [0.05, 0.1) is 29.4 Å². The van der Waals surface area contributed by atoms with Gasteiger partial charge in [-0.15, -0.1) is 0 Å². The molecule has 0 radical (unpaired) electrons. The quantitative estimate of drug-likeness (QED) is 0.725. The summed E-state index contributed by atoms with van der Waals surface area (Å²) in [6.07, 6.45) is -2.98. The number of hydrogen-bond donors (Lipinski definition) is 1. The second-order valence-electron chi connectivity index (χ2n) is 7.24. The monoisotopic (exact) mass is 403 g/mol. The SMILES string of the molecule is Cc1ccccc1-n1c(=O)nc(N2CCC[C@@H]2CO)c2ccc(C(F)(F)F)cc21. The topological polar surface area (TPSA) is 58.4 Å². The van der Waals surface area contributed by atoms with E-state index in [1.54, 1.807) is 31.2 Å². The van der Waals surface area contributed by atoms with Crippen molar-refractivity contribution in [3.05, 3.63) is 64.1 Å². The number of alkyl halides is 3. The van der Waals surface area contributed by atoms with E-state index in [2.05, 4.69) is 4.98 Å². The molecule has 4 rings (SSSR count). The summed E-state index contributed by atoms with van der Waals surface area (Å²) in [7, 11) is 0. The van der Waals surface area contributed by atoms with Crippen LogP contribution in [0.2, 0.25) is 0 Å². The highest BCUT2D eigenvalue weighted by molar-refractivity contribution is 5.91. The number of rotatable bonds is 3. The van der Waals surface area contributed by atoms with Gasteiger partial charge in [0.1, 0.15) is 5.82 Å². The highest BCUT2D eigenvalue weighted by Crippen LogP contribution is 2.35. The highest BCUT2D eigenvalue weighted by Gasteiger charge is 2.32. The van der Waals surface area contributed by atoms with E-state index in [1.165, 1.54) is 10.6 Å². The predicted octanol–water partition coefficient (Wildman–Crippen LogP) is 3.67. The third-order valence-electron chi connectivity index (χ3n) is 5.42. The molecule has 0 spiro atoms. The van der Waals surface area contributed by atoms with Gasteiger partial charge in [-0.3, -0.25) is 4.57 Å². The second kappa shape index (κ2) is 7.18. The Morgan fingerprint density at radius 2 is 1.97 bits per heavy atom. The van der Waals surface area contributed by atoms with Gasteiger partial charge in [0, 0.05) is 11.9 Å². The fraction of sp³-hybridized carbons (Fsp3) is 0.333. The molecule has 1 aliphatic rings. The van der Waals surface area contributed by atoms with Gasteiger partial charge in [-0.05, 0) is 49.6 Å². The molecular weight excluding hydrogens is 383 g/mol. The number of nitrogens with zero attached hydrogens (tertiary/aromatic N) is 3. The zero-order valence-electron chi connectivity index (χ0n) is 15.8. The molecule has 1 aromatic heterocycles. The van der Waals surface area contributed by atoms with Gasteiger partial charge in [-0.25, -0.2) is 4.79 Å². The Morgan fingerprint density at radius 1 is 1.21 bits per heavy atom. The molecule has 0 aliphatic carbocycles. The maximum Gasteiger partial charge on any atom is 0.416 e. The van der Waals surface area contributed by atoms with Crippen LogP contribution >= 0.6 is 0 Å². The largest absolute Gasteiger partial charge is 0.416 e. The number of aryl methyl sites for hydroxylation is 1. The van der Waals surface area contributed by atoms with E-state index in [-0.39, 0.29) is 18.2 Å². The summed E-state index contributed by atoms with van der Waals surface area (Å²) in [6.45, 7) is 2.27. The summed E-state index contributed by atoms with van der Waals surface area (Å²) in [6, 6.07) is 10.2. The predicted molar refractivity (Wildman–Crippen MR) is 105 cm³/mol. The molecule has 0 bridgehead atoms. The average molecular weight is 403 g/mol. The van der Waals surface area contributed by atoms with Crippen molar-refractivity contribution in [1.82, 2.24) is 9.55 Å². The van der Waals surface area contributed by atoms with E-state index in [0.29, 0.717) is 23.4 Å². The smallest absolute Gasteiger partial charge is 0.394 e. The summed E-state index contributed by atoms with van der Waals surface area (Å²) >= 11 is 0. The van der Waals surface area contributed by atoms with E-state index >= 15 is 0 Å². The fourth-order valence-electron chi connectivity index (χ4n) is 3.96. The molecule has 0 amide bonds. The minimum Gasteiger partial charge on any atom is -0.394 e. The van der Waals surface area contributed by atoms with Crippen LogP contribution in [-0.4, -0.2) is 33.9 Å². The molecule has 29 heavy (non-hydrogen) atoms. The Hall–Kier alpha value is -2.87. The lowest BCUT2D eigenvalue weighted by molar-refractivity contribution is -0.137. The van der Waals surface area contributed by atoms with Crippen LogP contribution in [0.5, 0.6) is 0 Å². The zero-order chi connectivity index (χ0) is 20.8. The first-order chi connectivity index (χ1) is 13.8. The van der Waals surface area contributed by atoms with Crippen molar-refractivity contribution < 1.29 is 18.3 Å². The molecule has 5 nitrogen and oxygen atoms in total. The van der Waals surface area contributed by atoms with Crippen LogP contribution in [0.15, 0.2) is 47.3 Å². The number of aliphatic hydroxyl groups excluding tert-OH is 1. The molecule has 1 aliphatic heterocycles. The van der Waals surface area contributed by atoms with Gasteiger partial charge < -0.3 is 10.0 Å². The number of aliphatic hydroxyl groups is 1. The van der Waals surface area contributed by atoms with E-state index in [0.717, 1.165) is 30.5 Å². The lowest BCUT2D eigenvalue weighted by Crippen LogP contribution is -2.35. The minimum absolute atomic E-state index is 0.106. The van der Waals surface area contributed by atoms with E-state index in [1.807, 2.05) is 4.90 Å². The number of hydrogen-bond acceptors (Lipinski definition) is 4. The van der Waals surface area contributed by atoms with Crippen LogP contribution in [0.3, 0.4) is 0 Å². The van der Waals surface area contributed by atoms with Gasteiger partial charge in [0.25, 0.3) is 0 Å². The van der Waals surface area contributed by atoms with Crippen molar-refractivity contribution in [3.8, 4) is 5.69 Å². The third-order valence-corrected chi connectivity index (χ3v) is 5.42. The Kier molecular flexibility index (Phi) is 4.82. The molecule has 0 saturated carbocycles. The maximum absolute atomic E-state index is 13.4. The number of anilines is 1. The molecule has 152 valence electrons. The van der Waals surface area contributed by atoms with Crippen molar-refractivity contribution in [2.75, 3.05) is 18.1 Å². The Bertz CT molecular complexity index is 1120. The molecular formula is C21H20F3N3O2. The van der Waals surface area contributed by atoms with Crippen LogP contribution in [0.4, 0.5) is 19.0 Å². The number of halogens is 3. The zero-order valence-corrected chi connectivity index (χ0v) is 15.8. The average Bonchev–Trinajstić information content (AvgIpc) is 3.16. The number of fused-ring (bicyclic) bond motifs is 1. The molecule has 1 saturated heterocycles. The molecule has 1 fully saturated rings. The standard InChI is InChI=1S/C21H20F3N3O2/c1-13-5-2-3-7-17(13)27-18-11-14(21(22,23)24)8-9-16(18)19(25-20(27)29)26-10-4-6-15(26)12-28/h2-3,5,7-9,11,15,28H,4,6,10,12H2,1H3/t15-/m1/s1. The molecule has 1 atom stereocenters. The number of benzene rings is 2. The van der Waals surface area contributed by atoms with Gasteiger partial charge in [-0.1, -0.05) is 18.2 Å². The van der Waals surface area contributed by atoms with Crippen LogP contribution < -0.4 is 10.6 Å². The number of para-hydroxylation sites is 1. The van der Waals surface area contributed by atoms with Gasteiger partial charge in [-0.2, -0.15) is 18.2 Å². The maximum atomic E-state index is 13.4. The van der Waals surface area contributed by atoms with Gasteiger partial charge in [0.15, 0.2) is 0 Å². The first kappa shape index (κ1) is 19.4. The molecule has 2 aromatic carbocycles. The van der Waals surface area contributed by atoms with Crippen molar-refractivity contribution in [2.24, 2.45) is 0 Å².